The molecule has 0 bridgehead atoms. The van der Waals surface area contributed by atoms with Crippen molar-refractivity contribution < 1.29 is 9.53 Å². The maximum absolute atomic E-state index is 11.7. The fourth-order valence-electron chi connectivity index (χ4n) is 3.42. The molecule has 3 rings (SSSR count). The monoisotopic (exact) mass is 373 g/mol. The molecule has 27 heavy (non-hydrogen) atoms. The van der Waals surface area contributed by atoms with Crippen LogP contribution in [0.25, 0.3) is 0 Å². The van der Waals surface area contributed by atoms with Gasteiger partial charge in [0.15, 0.2) is 5.96 Å². The Kier molecular flexibility index (Phi) is 7.47. The Labute approximate surface area is 161 Å². The zero-order chi connectivity index (χ0) is 18.9. The molecule has 2 aliphatic rings. The number of hydrogen-bond donors (Lipinski definition) is 2. The number of amides is 1. The lowest BCUT2D eigenvalue weighted by Gasteiger charge is -2.26. The molecule has 7 heteroatoms. The number of likely N-dealkylation sites (tertiary alicyclic amines) is 1. The number of guanidine groups is 1. The van der Waals surface area contributed by atoms with Gasteiger partial charge in [-0.3, -0.25) is 14.7 Å². The van der Waals surface area contributed by atoms with Crippen LogP contribution in [0.4, 0.5) is 0 Å². The van der Waals surface area contributed by atoms with Crippen LogP contribution in [0, 0.1) is 0 Å². The number of benzene rings is 1. The fraction of sp³-hybridized carbons (Fsp3) is 0.600. The molecular weight excluding hydrogens is 342 g/mol. The number of nitrogens with one attached hydrogen (secondary N) is 2. The van der Waals surface area contributed by atoms with Crippen molar-refractivity contribution in [3.05, 3.63) is 35.4 Å². The Morgan fingerprint density at radius 2 is 1.85 bits per heavy atom. The lowest BCUT2D eigenvalue weighted by atomic mass is 10.1. The normalized spacial score (nSPS) is 18.8. The minimum atomic E-state index is 0.271. The van der Waals surface area contributed by atoms with Gasteiger partial charge in [-0.2, -0.15) is 0 Å². The van der Waals surface area contributed by atoms with Crippen molar-refractivity contribution in [1.82, 2.24) is 20.4 Å². The number of carbonyl (C=O) groups excluding carboxylic acids is 1. The van der Waals surface area contributed by atoms with Crippen LogP contribution in [-0.2, 0) is 22.6 Å². The van der Waals surface area contributed by atoms with Gasteiger partial charge in [0.2, 0.25) is 5.91 Å². The standard InChI is InChI=1S/C20H31N5O2/c1-21-20(22-8-10-24-11-13-27-14-12-24)23-15-17-4-6-18(7-5-17)16-25-9-2-3-19(25)26/h4-7H,2-3,8-16H2,1H3,(H2,21,22,23). The third kappa shape index (κ3) is 6.22. The van der Waals surface area contributed by atoms with E-state index in [-0.39, 0.29) is 5.91 Å². The van der Waals surface area contributed by atoms with Gasteiger partial charge in [0.05, 0.1) is 13.2 Å². The second-order valence-electron chi connectivity index (χ2n) is 7.04. The van der Waals surface area contributed by atoms with Gasteiger partial charge in [0.1, 0.15) is 0 Å². The Balaban J connectivity index is 1.38. The predicted molar refractivity (Wildman–Crippen MR) is 107 cm³/mol. The SMILES string of the molecule is CN=C(NCCN1CCOCC1)NCc1ccc(CN2CCCC2=O)cc1. The summed E-state index contributed by atoms with van der Waals surface area (Å²) in [6, 6.07) is 8.45. The van der Waals surface area contributed by atoms with Crippen molar-refractivity contribution in [3.8, 4) is 0 Å². The fourth-order valence-corrected chi connectivity index (χ4v) is 3.42. The van der Waals surface area contributed by atoms with E-state index in [2.05, 4.69) is 44.8 Å². The van der Waals surface area contributed by atoms with Crippen LogP contribution in [0.5, 0.6) is 0 Å². The first-order valence-corrected chi connectivity index (χ1v) is 9.85. The number of hydrogen-bond acceptors (Lipinski definition) is 4. The smallest absolute Gasteiger partial charge is 0.222 e. The Bertz CT molecular complexity index is 626. The average Bonchev–Trinajstić information content (AvgIpc) is 3.11. The van der Waals surface area contributed by atoms with Gasteiger partial charge < -0.3 is 20.3 Å². The first-order valence-electron chi connectivity index (χ1n) is 9.85. The van der Waals surface area contributed by atoms with Crippen LogP contribution >= 0.6 is 0 Å². The second kappa shape index (κ2) is 10.3. The highest BCUT2D eigenvalue weighted by Gasteiger charge is 2.19. The maximum atomic E-state index is 11.7. The molecule has 2 aliphatic heterocycles. The molecule has 0 radical (unpaired) electrons. The highest BCUT2D eigenvalue weighted by atomic mass is 16.5. The number of ether oxygens (including phenoxy) is 1. The van der Waals surface area contributed by atoms with Crippen LogP contribution < -0.4 is 10.6 Å². The zero-order valence-electron chi connectivity index (χ0n) is 16.2. The summed E-state index contributed by atoms with van der Waals surface area (Å²) in [5, 5.41) is 6.72. The molecule has 1 aromatic rings. The summed E-state index contributed by atoms with van der Waals surface area (Å²) in [7, 11) is 1.79. The summed E-state index contributed by atoms with van der Waals surface area (Å²) in [6.45, 7) is 7.85. The van der Waals surface area contributed by atoms with E-state index < -0.39 is 0 Å². The van der Waals surface area contributed by atoms with Crippen LogP contribution in [-0.4, -0.2) is 74.7 Å². The van der Waals surface area contributed by atoms with Crippen molar-refractivity contribution in [1.29, 1.82) is 0 Å². The molecule has 0 unspecified atom stereocenters. The molecule has 7 nitrogen and oxygen atoms in total. The zero-order valence-corrected chi connectivity index (χ0v) is 16.2. The number of rotatable bonds is 7. The number of aliphatic imine (C=N–C) groups is 1. The second-order valence-corrected chi connectivity index (χ2v) is 7.04. The first-order chi connectivity index (χ1) is 13.2. The van der Waals surface area contributed by atoms with E-state index in [1.165, 1.54) is 11.1 Å². The summed E-state index contributed by atoms with van der Waals surface area (Å²) in [4.78, 5) is 20.4. The van der Waals surface area contributed by atoms with Gasteiger partial charge in [-0.25, -0.2) is 0 Å². The summed E-state index contributed by atoms with van der Waals surface area (Å²) in [5.74, 6) is 1.09. The molecule has 2 saturated heterocycles. The molecular formula is C20H31N5O2. The third-order valence-corrected chi connectivity index (χ3v) is 5.08. The van der Waals surface area contributed by atoms with E-state index >= 15 is 0 Å². The van der Waals surface area contributed by atoms with Crippen molar-refractivity contribution in [2.45, 2.75) is 25.9 Å². The number of morpholine rings is 1. The summed E-state index contributed by atoms with van der Waals surface area (Å²) >= 11 is 0. The van der Waals surface area contributed by atoms with Gasteiger partial charge in [-0.15, -0.1) is 0 Å². The summed E-state index contributed by atoms with van der Waals surface area (Å²) < 4.78 is 5.37. The van der Waals surface area contributed by atoms with Crippen LogP contribution in [0.15, 0.2) is 29.3 Å². The molecule has 0 aliphatic carbocycles. The molecule has 0 aromatic heterocycles. The molecule has 0 saturated carbocycles. The molecule has 148 valence electrons. The highest BCUT2D eigenvalue weighted by Crippen LogP contribution is 2.14. The largest absolute Gasteiger partial charge is 0.379 e. The molecule has 2 N–H and O–H groups in total. The average molecular weight is 374 g/mol. The van der Waals surface area contributed by atoms with Crippen molar-refractivity contribution in [2.24, 2.45) is 4.99 Å². The minimum absolute atomic E-state index is 0.271. The van der Waals surface area contributed by atoms with E-state index in [0.717, 1.165) is 71.4 Å². The Hall–Kier alpha value is -2.12. The lowest BCUT2D eigenvalue weighted by molar-refractivity contribution is -0.128. The predicted octanol–water partition coefficient (Wildman–Crippen LogP) is 0.806. The molecule has 1 aromatic carbocycles. The van der Waals surface area contributed by atoms with E-state index in [1.54, 1.807) is 7.05 Å². The van der Waals surface area contributed by atoms with Crippen molar-refractivity contribution in [2.75, 3.05) is 53.0 Å². The number of nitrogens with zero attached hydrogens (tertiary/aromatic N) is 3. The van der Waals surface area contributed by atoms with E-state index in [1.807, 2.05) is 4.90 Å². The van der Waals surface area contributed by atoms with Crippen molar-refractivity contribution in [3.63, 3.8) is 0 Å². The van der Waals surface area contributed by atoms with Crippen molar-refractivity contribution >= 4 is 11.9 Å². The van der Waals surface area contributed by atoms with E-state index in [0.29, 0.717) is 6.42 Å². The topological polar surface area (TPSA) is 69.2 Å². The van der Waals surface area contributed by atoms with Gasteiger partial charge in [0, 0.05) is 59.3 Å². The first kappa shape index (κ1) is 19.6. The van der Waals surface area contributed by atoms with Crippen LogP contribution in [0.2, 0.25) is 0 Å². The minimum Gasteiger partial charge on any atom is -0.379 e. The summed E-state index contributed by atoms with van der Waals surface area (Å²) in [6.07, 6.45) is 1.68. The molecule has 0 atom stereocenters. The van der Waals surface area contributed by atoms with Gasteiger partial charge in [0.25, 0.3) is 0 Å². The Morgan fingerprint density at radius 1 is 1.11 bits per heavy atom. The lowest BCUT2D eigenvalue weighted by Crippen LogP contribution is -2.44. The molecule has 0 spiro atoms. The molecule has 2 heterocycles. The molecule has 2 fully saturated rings. The van der Waals surface area contributed by atoms with Gasteiger partial charge >= 0.3 is 0 Å². The van der Waals surface area contributed by atoms with Gasteiger partial charge in [-0.05, 0) is 17.5 Å². The molecule has 1 amide bonds. The van der Waals surface area contributed by atoms with E-state index in [4.69, 9.17) is 4.74 Å². The Morgan fingerprint density at radius 3 is 2.52 bits per heavy atom. The number of carbonyl (C=O) groups is 1. The van der Waals surface area contributed by atoms with E-state index in [9.17, 15) is 4.79 Å². The van der Waals surface area contributed by atoms with Gasteiger partial charge in [-0.1, -0.05) is 24.3 Å². The van der Waals surface area contributed by atoms with Crippen LogP contribution in [0.3, 0.4) is 0 Å². The highest BCUT2D eigenvalue weighted by molar-refractivity contribution is 5.79. The maximum Gasteiger partial charge on any atom is 0.222 e. The quantitative estimate of drug-likeness (QED) is 0.547. The third-order valence-electron chi connectivity index (χ3n) is 5.08. The van der Waals surface area contributed by atoms with Crippen LogP contribution in [0.1, 0.15) is 24.0 Å². The summed E-state index contributed by atoms with van der Waals surface area (Å²) in [5.41, 5.74) is 2.38.